The first-order valence-corrected chi connectivity index (χ1v) is 5.38. The number of aliphatic hydroxyl groups is 1. The average molecular weight is 224 g/mol. The fraction of sp³-hybridized carbons (Fsp3) is 0.500. The van der Waals surface area contributed by atoms with Crippen molar-refractivity contribution in [1.29, 1.82) is 0 Å². The highest BCUT2D eigenvalue weighted by Gasteiger charge is 2.04. The molecule has 0 fully saturated rings. The first-order valence-electron chi connectivity index (χ1n) is 5.38. The van der Waals surface area contributed by atoms with Crippen molar-refractivity contribution in [2.75, 3.05) is 31.3 Å². The first-order chi connectivity index (χ1) is 7.50. The normalized spacial score (nSPS) is 12.2. The van der Waals surface area contributed by atoms with Crippen LogP contribution >= 0.6 is 0 Å². The van der Waals surface area contributed by atoms with E-state index in [1.807, 2.05) is 37.2 Å². The maximum Gasteiger partial charge on any atom is 0.144 e. The summed E-state index contributed by atoms with van der Waals surface area (Å²) < 4.78 is 5.53. The summed E-state index contributed by atoms with van der Waals surface area (Å²) in [6.07, 6.45) is 0.254. The van der Waals surface area contributed by atoms with E-state index < -0.39 is 0 Å². The van der Waals surface area contributed by atoms with Gasteiger partial charge in [0.2, 0.25) is 0 Å². The lowest BCUT2D eigenvalue weighted by molar-refractivity contribution is 0.156. The Balaban J connectivity index is 2.67. The average Bonchev–Trinajstić information content (AvgIpc) is 2.20. The van der Waals surface area contributed by atoms with Crippen LogP contribution in [0.5, 0.6) is 5.75 Å². The number of benzene rings is 1. The molecule has 1 unspecified atom stereocenters. The second-order valence-electron chi connectivity index (χ2n) is 4.10. The molecule has 0 bridgehead atoms. The van der Waals surface area contributed by atoms with Crippen molar-refractivity contribution in [2.24, 2.45) is 0 Å². The standard InChI is InChI=1S/C12H20N2O2/c1-9(15)6-7-16-12-8-10(14(2)3)4-5-11(12)13/h4-5,8-9,15H,6-7,13H2,1-3H3. The third kappa shape index (κ3) is 3.62. The zero-order chi connectivity index (χ0) is 12.1. The van der Waals surface area contributed by atoms with Crippen LogP contribution in [0.4, 0.5) is 11.4 Å². The predicted molar refractivity (Wildman–Crippen MR) is 67.0 cm³/mol. The van der Waals surface area contributed by atoms with Gasteiger partial charge in [-0.25, -0.2) is 0 Å². The summed E-state index contributed by atoms with van der Waals surface area (Å²) >= 11 is 0. The Morgan fingerprint density at radius 2 is 2.12 bits per heavy atom. The Kier molecular flexibility index (Phi) is 4.43. The molecule has 4 nitrogen and oxygen atoms in total. The van der Waals surface area contributed by atoms with Gasteiger partial charge in [-0.2, -0.15) is 0 Å². The van der Waals surface area contributed by atoms with Crippen molar-refractivity contribution in [1.82, 2.24) is 0 Å². The lowest BCUT2D eigenvalue weighted by atomic mass is 10.2. The Bertz CT molecular complexity index is 338. The molecule has 0 saturated carbocycles. The SMILES string of the molecule is CC(O)CCOc1cc(N(C)C)ccc1N. The molecule has 4 heteroatoms. The Morgan fingerprint density at radius 3 is 2.69 bits per heavy atom. The highest BCUT2D eigenvalue weighted by molar-refractivity contribution is 5.61. The van der Waals surface area contributed by atoms with E-state index in [0.29, 0.717) is 24.5 Å². The molecular formula is C12H20N2O2. The molecule has 0 spiro atoms. The Morgan fingerprint density at radius 1 is 1.44 bits per heavy atom. The van der Waals surface area contributed by atoms with E-state index in [-0.39, 0.29) is 6.10 Å². The molecule has 0 saturated heterocycles. The third-order valence-electron chi connectivity index (χ3n) is 2.31. The molecule has 0 aromatic heterocycles. The van der Waals surface area contributed by atoms with E-state index in [4.69, 9.17) is 15.6 Å². The van der Waals surface area contributed by atoms with E-state index >= 15 is 0 Å². The lowest BCUT2D eigenvalue weighted by Crippen LogP contribution is -2.11. The van der Waals surface area contributed by atoms with Gasteiger partial charge in [-0.3, -0.25) is 0 Å². The molecule has 3 N–H and O–H groups in total. The summed E-state index contributed by atoms with van der Waals surface area (Å²) in [4.78, 5) is 1.99. The molecule has 0 amide bonds. The molecule has 0 aliphatic rings. The molecule has 0 heterocycles. The molecule has 1 rings (SSSR count). The largest absolute Gasteiger partial charge is 0.491 e. The summed E-state index contributed by atoms with van der Waals surface area (Å²) in [6, 6.07) is 5.67. The van der Waals surface area contributed by atoms with E-state index in [1.54, 1.807) is 6.92 Å². The number of nitrogens with zero attached hydrogens (tertiary/aromatic N) is 1. The van der Waals surface area contributed by atoms with Gasteiger partial charge in [-0.15, -0.1) is 0 Å². The minimum absolute atomic E-state index is 0.349. The van der Waals surface area contributed by atoms with Crippen molar-refractivity contribution in [3.63, 3.8) is 0 Å². The second kappa shape index (κ2) is 5.61. The molecule has 0 aliphatic carbocycles. The van der Waals surface area contributed by atoms with Gasteiger partial charge in [0.05, 0.1) is 18.4 Å². The second-order valence-corrected chi connectivity index (χ2v) is 4.10. The molecule has 90 valence electrons. The van der Waals surface area contributed by atoms with Gasteiger partial charge in [0, 0.05) is 32.3 Å². The van der Waals surface area contributed by atoms with Crippen LogP contribution in [0, 0.1) is 0 Å². The third-order valence-corrected chi connectivity index (χ3v) is 2.31. The Labute approximate surface area is 96.6 Å². The number of nitrogens with two attached hydrogens (primary N) is 1. The quantitative estimate of drug-likeness (QED) is 0.744. The number of hydrogen-bond acceptors (Lipinski definition) is 4. The highest BCUT2D eigenvalue weighted by atomic mass is 16.5. The van der Waals surface area contributed by atoms with Crippen molar-refractivity contribution in [2.45, 2.75) is 19.4 Å². The highest BCUT2D eigenvalue weighted by Crippen LogP contribution is 2.26. The van der Waals surface area contributed by atoms with Crippen LogP contribution in [0.2, 0.25) is 0 Å². The van der Waals surface area contributed by atoms with E-state index in [1.165, 1.54) is 0 Å². The minimum atomic E-state index is -0.349. The number of hydrogen-bond donors (Lipinski definition) is 2. The summed E-state index contributed by atoms with van der Waals surface area (Å²) in [7, 11) is 3.93. The van der Waals surface area contributed by atoms with Crippen LogP contribution < -0.4 is 15.4 Å². The zero-order valence-electron chi connectivity index (χ0n) is 10.1. The number of rotatable bonds is 5. The molecule has 0 radical (unpaired) electrons. The molecule has 16 heavy (non-hydrogen) atoms. The summed E-state index contributed by atoms with van der Waals surface area (Å²) in [5, 5.41) is 9.12. The van der Waals surface area contributed by atoms with Crippen LogP contribution in [-0.4, -0.2) is 31.9 Å². The maximum atomic E-state index is 9.12. The van der Waals surface area contributed by atoms with Gasteiger partial charge < -0.3 is 20.5 Å². The van der Waals surface area contributed by atoms with Crippen molar-refractivity contribution >= 4 is 11.4 Å². The van der Waals surface area contributed by atoms with Crippen LogP contribution in [0.1, 0.15) is 13.3 Å². The van der Waals surface area contributed by atoms with Crippen LogP contribution in [-0.2, 0) is 0 Å². The van der Waals surface area contributed by atoms with Crippen molar-refractivity contribution in [3.8, 4) is 5.75 Å². The zero-order valence-corrected chi connectivity index (χ0v) is 10.1. The van der Waals surface area contributed by atoms with Gasteiger partial charge >= 0.3 is 0 Å². The summed E-state index contributed by atoms with van der Waals surface area (Å²) in [6.45, 7) is 2.21. The van der Waals surface area contributed by atoms with Crippen molar-refractivity contribution in [3.05, 3.63) is 18.2 Å². The van der Waals surface area contributed by atoms with Crippen LogP contribution in [0.3, 0.4) is 0 Å². The number of ether oxygens (including phenoxy) is 1. The van der Waals surface area contributed by atoms with Gasteiger partial charge in [0.1, 0.15) is 5.75 Å². The smallest absolute Gasteiger partial charge is 0.144 e. The van der Waals surface area contributed by atoms with Gasteiger partial charge in [-0.1, -0.05) is 0 Å². The van der Waals surface area contributed by atoms with Gasteiger partial charge in [-0.05, 0) is 19.1 Å². The van der Waals surface area contributed by atoms with E-state index in [0.717, 1.165) is 5.69 Å². The molecule has 0 aliphatic heterocycles. The number of nitrogen functional groups attached to an aromatic ring is 1. The molecule has 1 aromatic rings. The Hall–Kier alpha value is -1.42. The lowest BCUT2D eigenvalue weighted by Gasteiger charge is -2.16. The fourth-order valence-corrected chi connectivity index (χ4v) is 1.27. The fourth-order valence-electron chi connectivity index (χ4n) is 1.27. The topological polar surface area (TPSA) is 58.7 Å². The maximum absolute atomic E-state index is 9.12. The number of aliphatic hydroxyl groups excluding tert-OH is 1. The van der Waals surface area contributed by atoms with Crippen LogP contribution in [0.25, 0.3) is 0 Å². The predicted octanol–water partition coefficient (Wildman–Crippen LogP) is 1.48. The number of anilines is 2. The van der Waals surface area contributed by atoms with E-state index in [9.17, 15) is 0 Å². The van der Waals surface area contributed by atoms with E-state index in [2.05, 4.69) is 0 Å². The van der Waals surface area contributed by atoms with Crippen molar-refractivity contribution < 1.29 is 9.84 Å². The van der Waals surface area contributed by atoms with Gasteiger partial charge in [0.15, 0.2) is 0 Å². The van der Waals surface area contributed by atoms with Gasteiger partial charge in [0.25, 0.3) is 0 Å². The molecule has 1 aromatic carbocycles. The molecule has 1 atom stereocenters. The first kappa shape index (κ1) is 12.6. The molecular weight excluding hydrogens is 204 g/mol. The monoisotopic (exact) mass is 224 g/mol. The van der Waals surface area contributed by atoms with Crippen LogP contribution in [0.15, 0.2) is 18.2 Å². The summed E-state index contributed by atoms with van der Waals surface area (Å²) in [5.74, 6) is 0.673. The minimum Gasteiger partial charge on any atom is -0.491 e. The summed E-state index contributed by atoms with van der Waals surface area (Å²) in [5.41, 5.74) is 7.46.